The van der Waals surface area contributed by atoms with Gasteiger partial charge in [-0.2, -0.15) is 0 Å². The average molecular weight is 334 g/mol. The third-order valence-electron chi connectivity index (χ3n) is 3.35. The lowest BCUT2D eigenvalue weighted by Crippen LogP contribution is -2.38. The summed E-state index contributed by atoms with van der Waals surface area (Å²) in [7, 11) is 1.62. The number of amides is 1. The minimum atomic E-state index is -0.232. The van der Waals surface area contributed by atoms with Crippen molar-refractivity contribution in [1.29, 1.82) is 0 Å². The molecule has 0 saturated heterocycles. The Labute approximate surface area is 144 Å². The van der Waals surface area contributed by atoms with E-state index >= 15 is 0 Å². The van der Waals surface area contributed by atoms with Gasteiger partial charge >= 0.3 is 0 Å². The summed E-state index contributed by atoms with van der Waals surface area (Å²) >= 11 is 5.10. The van der Waals surface area contributed by atoms with Gasteiger partial charge in [0.05, 0.1) is 7.11 Å². The topological polar surface area (TPSA) is 50.4 Å². The van der Waals surface area contributed by atoms with E-state index in [0.29, 0.717) is 5.11 Å². The highest BCUT2D eigenvalue weighted by atomic mass is 32.1. The number of carbonyl (C=O) groups is 1. The van der Waals surface area contributed by atoms with E-state index in [4.69, 9.17) is 17.0 Å². The van der Waals surface area contributed by atoms with Gasteiger partial charge in [0.15, 0.2) is 5.11 Å². The molecule has 0 unspecified atom stereocenters. The van der Waals surface area contributed by atoms with E-state index in [1.807, 2.05) is 24.3 Å². The third kappa shape index (κ3) is 8.98. The van der Waals surface area contributed by atoms with Crippen molar-refractivity contribution >= 4 is 29.3 Å². The summed E-state index contributed by atoms with van der Waals surface area (Å²) in [4.78, 5) is 11.8. The van der Waals surface area contributed by atoms with E-state index < -0.39 is 0 Å². The van der Waals surface area contributed by atoms with E-state index in [-0.39, 0.29) is 5.91 Å². The molecule has 0 heterocycles. The second-order valence-corrected chi connectivity index (χ2v) is 5.67. The molecule has 0 atom stereocenters. The molecule has 0 bridgehead atoms. The summed E-state index contributed by atoms with van der Waals surface area (Å²) in [5.41, 5.74) is 0.927. The van der Waals surface area contributed by atoms with Gasteiger partial charge in [-0.25, -0.2) is 0 Å². The van der Waals surface area contributed by atoms with Crippen LogP contribution in [0.2, 0.25) is 0 Å². The van der Waals surface area contributed by atoms with Gasteiger partial charge in [-0.3, -0.25) is 10.1 Å². The second kappa shape index (κ2) is 11.7. The number of rotatable bonds is 9. The fourth-order valence-electron chi connectivity index (χ4n) is 2.02. The molecule has 0 radical (unpaired) electrons. The van der Waals surface area contributed by atoms with Crippen molar-refractivity contribution in [3.8, 4) is 5.75 Å². The molecular weight excluding hydrogens is 308 g/mol. The van der Waals surface area contributed by atoms with Gasteiger partial charge in [0.2, 0.25) is 5.91 Å². The summed E-state index contributed by atoms with van der Waals surface area (Å²) in [6, 6.07) is 7.47. The summed E-state index contributed by atoms with van der Waals surface area (Å²) in [5.74, 6) is 0.556. The number of benzene rings is 1. The number of thiocarbonyl (C=S) groups is 1. The standard InChI is InChI=1S/C18H26N2O2S/c1-3-4-5-6-7-14-19-18(23)20-17(21)13-10-15-8-11-16(22-2)12-9-15/h8-13H,3-7,14H2,1-2H3,(H2,19,20,21,23)/b13-10+. The summed E-state index contributed by atoms with van der Waals surface area (Å²) in [6.45, 7) is 2.99. The van der Waals surface area contributed by atoms with Crippen LogP contribution in [0.5, 0.6) is 5.75 Å². The summed E-state index contributed by atoms with van der Waals surface area (Å²) in [6.07, 6.45) is 9.23. The van der Waals surface area contributed by atoms with Gasteiger partial charge in [0.1, 0.15) is 5.75 Å². The number of methoxy groups -OCH3 is 1. The van der Waals surface area contributed by atoms with Crippen LogP contribution in [0.15, 0.2) is 30.3 Å². The molecule has 2 N–H and O–H groups in total. The minimum absolute atomic E-state index is 0.232. The molecule has 0 fully saturated rings. The van der Waals surface area contributed by atoms with E-state index in [9.17, 15) is 4.79 Å². The van der Waals surface area contributed by atoms with Crippen molar-refractivity contribution < 1.29 is 9.53 Å². The zero-order valence-corrected chi connectivity index (χ0v) is 14.7. The molecule has 1 rings (SSSR count). The van der Waals surface area contributed by atoms with Crippen LogP contribution in [-0.4, -0.2) is 24.7 Å². The molecule has 0 spiro atoms. The van der Waals surface area contributed by atoms with Crippen LogP contribution < -0.4 is 15.4 Å². The lowest BCUT2D eigenvalue weighted by Gasteiger charge is -2.07. The van der Waals surface area contributed by atoms with E-state index in [2.05, 4.69) is 17.6 Å². The average Bonchev–Trinajstić information content (AvgIpc) is 2.56. The number of ether oxygens (including phenoxy) is 1. The first kappa shape index (κ1) is 19.2. The fraction of sp³-hybridized carbons (Fsp3) is 0.444. The van der Waals surface area contributed by atoms with Gasteiger partial charge in [-0.15, -0.1) is 0 Å². The number of carbonyl (C=O) groups excluding carboxylic acids is 1. The zero-order valence-electron chi connectivity index (χ0n) is 13.9. The number of nitrogens with one attached hydrogen (secondary N) is 2. The molecule has 126 valence electrons. The second-order valence-electron chi connectivity index (χ2n) is 5.27. The van der Waals surface area contributed by atoms with E-state index in [1.165, 1.54) is 31.8 Å². The molecule has 5 heteroatoms. The first-order valence-electron chi connectivity index (χ1n) is 8.06. The lowest BCUT2D eigenvalue weighted by molar-refractivity contribution is -0.115. The van der Waals surface area contributed by atoms with Crippen LogP contribution in [0.25, 0.3) is 6.08 Å². The molecule has 0 aliphatic rings. The maximum atomic E-state index is 11.8. The van der Waals surface area contributed by atoms with E-state index in [1.54, 1.807) is 13.2 Å². The molecule has 4 nitrogen and oxygen atoms in total. The Morgan fingerprint density at radius 2 is 1.87 bits per heavy atom. The molecule has 0 aliphatic carbocycles. The molecule has 0 aliphatic heterocycles. The van der Waals surface area contributed by atoms with Gasteiger partial charge < -0.3 is 10.1 Å². The molecule has 0 aromatic heterocycles. The number of unbranched alkanes of at least 4 members (excludes halogenated alkanes) is 4. The van der Waals surface area contributed by atoms with Crippen molar-refractivity contribution in [3.05, 3.63) is 35.9 Å². The van der Waals surface area contributed by atoms with Crippen molar-refractivity contribution in [2.24, 2.45) is 0 Å². The largest absolute Gasteiger partial charge is 0.497 e. The van der Waals surface area contributed by atoms with Gasteiger partial charge in [0.25, 0.3) is 0 Å². The Morgan fingerprint density at radius 3 is 2.52 bits per heavy atom. The Kier molecular flexibility index (Phi) is 9.71. The summed E-state index contributed by atoms with van der Waals surface area (Å²) < 4.78 is 5.09. The maximum absolute atomic E-state index is 11.8. The Morgan fingerprint density at radius 1 is 1.17 bits per heavy atom. The molecule has 23 heavy (non-hydrogen) atoms. The Hall–Kier alpha value is -1.88. The smallest absolute Gasteiger partial charge is 0.250 e. The van der Waals surface area contributed by atoms with Crippen molar-refractivity contribution in [2.75, 3.05) is 13.7 Å². The SMILES string of the molecule is CCCCCCCNC(=S)NC(=O)/C=C/c1ccc(OC)cc1. The molecule has 1 aromatic carbocycles. The summed E-state index contributed by atoms with van der Waals surface area (Å²) in [5, 5.41) is 6.08. The highest BCUT2D eigenvalue weighted by Gasteiger charge is 2.00. The normalized spacial score (nSPS) is 10.5. The first-order valence-corrected chi connectivity index (χ1v) is 8.47. The molecule has 1 amide bonds. The number of hydrogen-bond donors (Lipinski definition) is 2. The van der Waals surface area contributed by atoms with Crippen LogP contribution in [-0.2, 0) is 4.79 Å². The highest BCUT2D eigenvalue weighted by Crippen LogP contribution is 2.12. The van der Waals surface area contributed by atoms with Gasteiger partial charge in [0, 0.05) is 12.6 Å². The van der Waals surface area contributed by atoms with Crippen molar-refractivity contribution in [3.63, 3.8) is 0 Å². The predicted octanol–water partition coefficient (Wildman–Crippen LogP) is 3.67. The monoisotopic (exact) mass is 334 g/mol. The van der Waals surface area contributed by atoms with Crippen LogP contribution in [0.3, 0.4) is 0 Å². The zero-order chi connectivity index (χ0) is 16.9. The molecule has 0 saturated carbocycles. The van der Waals surface area contributed by atoms with Crippen molar-refractivity contribution in [1.82, 2.24) is 10.6 Å². The Balaban J connectivity index is 2.23. The highest BCUT2D eigenvalue weighted by molar-refractivity contribution is 7.80. The maximum Gasteiger partial charge on any atom is 0.250 e. The van der Waals surface area contributed by atoms with Crippen LogP contribution >= 0.6 is 12.2 Å². The number of hydrogen-bond acceptors (Lipinski definition) is 3. The van der Waals surface area contributed by atoms with Crippen LogP contribution in [0.1, 0.15) is 44.6 Å². The fourth-order valence-corrected chi connectivity index (χ4v) is 2.22. The minimum Gasteiger partial charge on any atom is -0.497 e. The predicted molar refractivity (Wildman–Crippen MR) is 99.5 cm³/mol. The van der Waals surface area contributed by atoms with Crippen LogP contribution in [0.4, 0.5) is 0 Å². The molecule has 1 aromatic rings. The quantitative estimate of drug-likeness (QED) is 0.411. The van der Waals surface area contributed by atoms with E-state index in [0.717, 1.165) is 24.3 Å². The first-order chi connectivity index (χ1) is 11.2. The van der Waals surface area contributed by atoms with Gasteiger partial charge in [-0.1, -0.05) is 44.7 Å². The Bertz CT molecular complexity index is 512. The van der Waals surface area contributed by atoms with Crippen molar-refractivity contribution in [2.45, 2.75) is 39.0 Å². The lowest BCUT2D eigenvalue weighted by atomic mass is 10.1. The van der Waals surface area contributed by atoms with Gasteiger partial charge in [-0.05, 0) is 42.4 Å². The third-order valence-corrected chi connectivity index (χ3v) is 3.59. The molecular formula is C18H26N2O2S. The van der Waals surface area contributed by atoms with Crippen LogP contribution in [0, 0.1) is 0 Å².